The average Bonchev–Trinajstić information content (AvgIpc) is 2.94. The van der Waals surface area contributed by atoms with Crippen molar-refractivity contribution < 1.29 is 9.59 Å². The molecule has 132 valence electrons. The molecular weight excluding hydrogens is 371 g/mol. The fourth-order valence-electron chi connectivity index (χ4n) is 3.67. The highest BCUT2D eigenvalue weighted by molar-refractivity contribution is 6.35. The van der Waals surface area contributed by atoms with Crippen molar-refractivity contribution in [2.24, 2.45) is 0 Å². The fraction of sp³-hybridized carbons (Fsp3) is 0.200. The standard InChI is InChI=1S/C20H16Cl2N2O2/c1-23-10-16(15-8-13(21)9-18(22)17(15)11-23)12-3-2-4-14(7-12)24-19(25)5-6-20(24)26/h2-9,16H,10-11H2,1H3/t16-/m0/s1. The molecule has 4 nitrogen and oxygen atoms in total. The van der Waals surface area contributed by atoms with Crippen LogP contribution in [0.4, 0.5) is 5.69 Å². The van der Waals surface area contributed by atoms with E-state index in [0.717, 1.165) is 29.8 Å². The molecule has 26 heavy (non-hydrogen) atoms. The summed E-state index contributed by atoms with van der Waals surface area (Å²) in [6, 6.07) is 11.3. The third-order valence-corrected chi connectivity index (χ3v) is 5.39. The van der Waals surface area contributed by atoms with Gasteiger partial charge in [-0.15, -0.1) is 0 Å². The van der Waals surface area contributed by atoms with Gasteiger partial charge >= 0.3 is 0 Å². The first kappa shape index (κ1) is 17.3. The summed E-state index contributed by atoms with van der Waals surface area (Å²) in [6.07, 6.45) is 2.58. The Morgan fingerprint density at radius 2 is 1.77 bits per heavy atom. The van der Waals surface area contributed by atoms with Crippen molar-refractivity contribution >= 4 is 40.7 Å². The summed E-state index contributed by atoms with van der Waals surface area (Å²) in [4.78, 5) is 27.4. The molecule has 0 bridgehead atoms. The van der Waals surface area contributed by atoms with Crippen molar-refractivity contribution in [3.8, 4) is 0 Å². The van der Waals surface area contributed by atoms with Crippen LogP contribution in [0.15, 0.2) is 48.6 Å². The van der Waals surface area contributed by atoms with E-state index in [-0.39, 0.29) is 17.7 Å². The molecule has 0 radical (unpaired) electrons. The molecule has 2 aromatic carbocycles. The third kappa shape index (κ3) is 2.94. The number of benzene rings is 2. The molecule has 0 saturated carbocycles. The van der Waals surface area contributed by atoms with Crippen molar-refractivity contribution in [1.82, 2.24) is 4.90 Å². The Balaban J connectivity index is 1.79. The lowest BCUT2D eigenvalue weighted by Crippen LogP contribution is -2.32. The Hall–Kier alpha value is -2.14. The molecule has 0 spiro atoms. The Morgan fingerprint density at radius 3 is 2.50 bits per heavy atom. The molecule has 2 heterocycles. The summed E-state index contributed by atoms with van der Waals surface area (Å²) >= 11 is 12.7. The minimum Gasteiger partial charge on any atom is -0.301 e. The fourth-order valence-corrected chi connectivity index (χ4v) is 4.23. The summed E-state index contributed by atoms with van der Waals surface area (Å²) in [6.45, 7) is 1.56. The maximum atomic E-state index is 12.0. The van der Waals surface area contributed by atoms with Crippen LogP contribution >= 0.6 is 23.2 Å². The van der Waals surface area contributed by atoms with Gasteiger partial charge in [-0.05, 0) is 48.0 Å². The number of imide groups is 1. The Labute approximate surface area is 161 Å². The van der Waals surface area contributed by atoms with Crippen molar-refractivity contribution in [2.45, 2.75) is 12.5 Å². The zero-order valence-electron chi connectivity index (χ0n) is 14.1. The molecule has 0 unspecified atom stereocenters. The summed E-state index contributed by atoms with van der Waals surface area (Å²) in [7, 11) is 2.04. The number of nitrogens with zero attached hydrogens (tertiary/aromatic N) is 2. The van der Waals surface area contributed by atoms with E-state index in [1.165, 1.54) is 17.1 Å². The summed E-state index contributed by atoms with van der Waals surface area (Å²) in [5.74, 6) is -0.584. The van der Waals surface area contributed by atoms with Gasteiger partial charge in [-0.1, -0.05) is 35.3 Å². The summed E-state index contributed by atoms with van der Waals surface area (Å²) < 4.78 is 0. The van der Waals surface area contributed by atoms with E-state index in [4.69, 9.17) is 23.2 Å². The minimum atomic E-state index is -0.320. The van der Waals surface area contributed by atoms with Gasteiger partial charge in [-0.2, -0.15) is 0 Å². The van der Waals surface area contributed by atoms with Gasteiger partial charge in [0.15, 0.2) is 0 Å². The van der Waals surface area contributed by atoms with Crippen LogP contribution in [-0.2, 0) is 16.1 Å². The third-order valence-electron chi connectivity index (χ3n) is 4.83. The summed E-state index contributed by atoms with van der Waals surface area (Å²) in [5, 5.41) is 1.27. The van der Waals surface area contributed by atoms with Gasteiger partial charge in [0, 0.05) is 41.2 Å². The van der Waals surface area contributed by atoms with Gasteiger partial charge in [0.1, 0.15) is 0 Å². The van der Waals surface area contributed by atoms with E-state index in [0.29, 0.717) is 15.7 Å². The monoisotopic (exact) mass is 386 g/mol. The molecular formula is C20H16Cl2N2O2. The van der Waals surface area contributed by atoms with E-state index in [1.54, 1.807) is 12.1 Å². The van der Waals surface area contributed by atoms with Crippen LogP contribution in [-0.4, -0.2) is 30.3 Å². The summed E-state index contributed by atoms with van der Waals surface area (Å²) in [5.41, 5.74) is 3.75. The lowest BCUT2D eigenvalue weighted by Gasteiger charge is -2.33. The number of hydrogen-bond acceptors (Lipinski definition) is 3. The predicted molar refractivity (Wildman–Crippen MR) is 103 cm³/mol. The Bertz CT molecular complexity index is 937. The van der Waals surface area contributed by atoms with Gasteiger partial charge in [0.05, 0.1) is 5.69 Å². The SMILES string of the molecule is CN1Cc2c(Cl)cc(Cl)cc2[C@H](c2cccc(N3C(=O)C=CC3=O)c2)C1. The zero-order chi connectivity index (χ0) is 18.4. The molecule has 0 N–H and O–H groups in total. The topological polar surface area (TPSA) is 40.6 Å². The molecule has 0 aliphatic carbocycles. The van der Waals surface area contributed by atoms with Gasteiger partial charge in [-0.3, -0.25) is 9.59 Å². The number of amides is 2. The number of rotatable bonds is 2. The smallest absolute Gasteiger partial charge is 0.258 e. The second-order valence-electron chi connectivity index (χ2n) is 6.64. The highest BCUT2D eigenvalue weighted by Gasteiger charge is 2.29. The minimum absolute atomic E-state index is 0.0562. The first-order valence-electron chi connectivity index (χ1n) is 8.26. The lowest BCUT2D eigenvalue weighted by atomic mass is 9.84. The number of fused-ring (bicyclic) bond motifs is 1. The second-order valence-corrected chi connectivity index (χ2v) is 7.49. The number of hydrogen-bond donors (Lipinski definition) is 0. The number of halogens is 2. The van der Waals surface area contributed by atoms with Gasteiger partial charge in [0.25, 0.3) is 11.8 Å². The maximum Gasteiger partial charge on any atom is 0.258 e. The lowest BCUT2D eigenvalue weighted by molar-refractivity contribution is -0.119. The van der Waals surface area contributed by atoms with Gasteiger partial charge in [0.2, 0.25) is 0 Å². The van der Waals surface area contributed by atoms with Crippen LogP contribution in [0.1, 0.15) is 22.6 Å². The van der Waals surface area contributed by atoms with Gasteiger partial charge in [-0.25, -0.2) is 4.90 Å². The first-order valence-corrected chi connectivity index (χ1v) is 9.02. The zero-order valence-corrected chi connectivity index (χ0v) is 15.6. The Morgan fingerprint density at radius 1 is 1.04 bits per heavy atom. The molecule has 0 saturated heterocycles. The van der Waals surface area contributed by atoms with Crippen LogP contribution in [0, 0.1) is 0 Å². The quantitative estimate of drug-likeness (QED) is 0.732. The molecule has 2 amide bonds. The van der Waals surface area contributed by atoms with E-state index in [9.17, 15) is 9.59 Å². The molecule has 4 rings (SSSR count). The first-order chi connectivity index (χ1) is 12.4. The largest absolute Gasteiger partial charge is 0.301 e. The van der Waals surface area contributed by atoms with E-state index >= 15 is 0 Å². The van der Waals surface area contributed by atoms with Crippen molar-refractivity contribution in [3.05, 3.63) is 75.3 Å². The highest BCUT2D eigenvalue weighted by atomic mass is 35.5. The molecule has 2 aliphatic rings. The molecule has 2 aromatic rings. The van der Waals surface area contributed by atoms with E-state index < -0.39 is 0 Å². The molecule has 2 aliphatic heterocycles. The molecule has 6 heteroatoms. The van der Waals surface area contributed by atoms with E-state index in [2.05, 4.69) is 4.90 Å². The van der Waals surface area contributed by atoms with Crippen LogP contribution in [0.3, 0.4) is 0 Å². The predicted octanol–water partition coefficient (Wildman–Crippen LogP) is 4.00. The van der Waals surface area contributed by atoms with Crippen molar-refractivity contribution in [3.63, 3.8) is 0 Å². The van der Waals surface area contributed by atoms with Gasteiger partial charge < -0.3 is 4.90 Å². The normalized spacial score (nSPS) is 20.0. The molecule has 0 fully saturated rings. The van der Waals surface area contributed by atoms with E-state index in [1.807, 2.05) is 31.3 Å². The maximum absolute atomic E-state index is 12.0. The van der Waals surface area contributed by atoms with Crippen molar-refractivity contribution in [2.75, 3.05) is 18.5 Å². The number of likely N-dealkylation sites (N-methyl/N-ethyl adjacent to an activating group) is 1. The molecule has 0 aromatic heterocycles. The average molecular weight is 387 g/mol. The van der Waals surface area contributed by atoms with Crippen LogP contribution in [0.5, 0.6) is 0 Å². The number of carbonyl (C=O) groups excluding carboxylic acids is 2. The molecule has 1 atom stereocenters. The number of anilines is 1. The van der Waals surface area contributed by atoms with Crippen LogP contribution in [0.25, 0.3) is 0 Å². The second kappa shape index (κ2) is 6.54. The van der Waals surface area contributed by atoms with Crippen LogP contribution in [0.2, 0.25) is 10.0 Å². The van der Waals surface area contributed by atoms with Crippen molar-refractivity contribution in [1.29, 1.82) is 0 Å². The number of carbonyl (C=O) groups is 2. The van der Waals surface area contributed by atoms with Crippen LogP contribution < -0.4 is 4.90 Å². The highest BCUT2D eigenvalue weighted by Crippen LogP contribution is 2.39. The Kier molecular flexibility index (Phi) is 4.35.